The van der Waals surface area contributed by atoms with Gasteiger partial charge in [-0.15, -0.1) is 0 Å². The van der Waals surface area contributed by atoms with Crippen molar-refractivity contribution >= 4 is 17.9 Å². The summed E-state index contributed by atoms with van der Waals surface area (Å²) in [6.07, 6.45) is 25.8. The van der Waals surface area contributed by atoms with Crippen molar-refractivity contribution in [3.63, 3.8) is 0 Å². The van der Waals surface area contributed by atoms with Crippen molar-refractivity contribution < 1.29 is 42.9 Å². The van der Waals surface area contributed by atoms with Crippen molar-refractivity contribution in [1.82, 2.24) is 0 Å². The van der Waals surface area contributed by atoms with E-state index in [9.17, 15) is 19.5 Å². The van der Waals surface area contributed by atoms with E-state index in [0.717, 1.165) is 51.4 Å². The Bertz CT molecular complexity index is 795. The van der Waals surface area contributed by atoms with Crippen LogP contribution < -0.4 is 0 Å². The zero-order chi connectivity index (χ0) is 35.0. The summed E-state index contributed by atoms with van der Waals surface area (Å²) in [5.74, 6) is -2.03. The fraction of sp³-hybridized carbons (Fsp3) is 0.868. The Hall–Kier alpha value is -1.97. The summed E-state index contributed by atoms with van der Waals surface area (Å²) in [5, 5.41) is 9.55. The highest BCUT2D eigenvalue weighted by molar-refractivity contribution is 5.71. The van der Waals surface area contributed by atoms with Gasteiger partial charge in [-0.3, -0.25) is 9.59 Å². The number of carbonyl (C=O) groups is 3. The first-order chi connectivity index (χ1) is 22.6. The van der Waals surface area contributed by atoms with Crippen LogP contribution in [0, 0.1) is 0 Å². The zero-order valence-electron chi connectivity index (χ0n) is 30.9. The number of nitrogens with zero attached hydrogens (tertiary/aromatic N) is 1. The van der Waals surface area contributed by atoms with E-state index in [1.54, 1.807) is 0 Å². The highest BCUT2D eigenvalue weighted by Crippen LogP contribution is 2.13. The smallest absolute Gasteiger partial charge is 0.361 e. The molecule has 0 fully saturated rings. The molecule has 0 heterocycles. The molecule has 2 unspecified atom stereocenters. The molecule has 0 aliphatic rings. The Morgan fingerprint density at radius 1 is 0.617 bits per heavy atom. The number of carbonyl (C=O) groups excluding carboxylic acids is 2. The van der Waals surface area contributed by atoms with Gasteiger partial charge in [0, 0.05) is 12.8 Å². The number of hydrogen-bond donors (Lipinski definition) is 1. The minimum Gasteiger partial charge on any atom is -0.477 e. The summed E-state index contributed by atoms with van der Waals surface area (Å²) in [6.45, 7) is 4.77. The molecule has 0 radical (unpaired) electrons. The number of ether oxygens (including phenoxy) is 4. The molecule has 47 heavy (non-hydrogen) atoms. The topological polar surface area (TPSA) is 108 Å². The van der Waals surface area contributed by atoms with Crippen molar-refractivity contribution in [3.8, 4) is 0 Å². The molecular formula is C38H72NO8+. The van der Waals surface area contributed by atoms with Gasteiger partial charge in [0.15, 0.2) is 6.10 Å². The lowest BCUT2D eigenvalue weighted by Crippen LogP contribution is -2.40. The van der Waals surface area contributed by atoms with Crippen LogP contribution in [0.15, 0.2) is 12.2 Å². The molecule has 1 N–H and O–H groups in total. The monoisotopic (exact) mass is 671 g/mol. The molecule has 9 heteroatoms. The molecule has 276 valence electrons. The third kappa shape index (κ3) is 32.4. The van der Waals surface area contributed by atoms with E-state index in [4.69, 9.17) is 18.9 Å². The van der Waals surface area contributed by atoms with Crippen molar-refractivity contribution in [2.45, 2.75) is 167 Å². The predicted molar refractivity (Wildman–Crippen MR) is 189 cm³/mol. The number of unbranched alkanes of at least 4 members (excludes halogenated alkanes) is 17. The van der Waals surface area contributed by atoms with Crippen LogP contribution in [-0.2, 0) is 33.3 Å². The Labute approximate surface area is 287 Å². The van der Waals surface area contributed by atoms with E-state index in [1.807, 2.05) is 21.1 Å². The van der Waals surface area contributed by atoms with Crippen LogP contribution in [0.3, 0.4) is 0 Å². The molecule has 0 aromatic heterocycles. The average molecular weight is 671 g/mol. The maximum absolute atomic E-state index is 12.6. The van der Waals surface area contributed by atoms with E-state index in [-0.39, 0.29) is 32.2 Å². The summed E-state index contributed by atoms with van der Waals surface area (Å²) < 4.78 is 22.5. The van der Waals surface area contributed by atoms with Crippen molar-refractivity contribution in [2.75, 3.05) is 47.5 Å². The summed E-state index contributed by atoms with van der Waals surface area (Å²) in [6, 6.07) is 0. The number of carboxylic acid groups (broad SMARTS) is 1. The largest absolute Gasteiger partial charge is 0.477 e. The first kappa shape index (κ1) is 45.0. The lowest BCUT2D eigenvalue weighted by atomic mass is 10.1. The van der Waals surface area contributed by atoms with Crippen molar-refractivity contribution in [3.05, 3.63) is 12.2 Å². The van der Waals surface area contributed by atoms with Gasteiger partial charge in [-0.2, -0.15) is 0 Å². The maximum Gasteiger partial charge on any atom is 0.361 e. The Morgan fingerprint density at radius 3 is 1.57 bits per heavy atom. The van der Waals surface area contributed by atoms with Gasteiger partial charge in [0.1, 0.15) is 13.2 Å². The second-order valence-electron chi connectivity index (χ2n) is 13.9. The number of esters is 2. The Kier molecular flexibility index (Phi) is 30.0. The third-order valence-electron chi connectivity index (χ3n) is 8.02. The van der Waals surface area contributed by atoms with Crippen molar-refractivity contribution in [1.29, 1.82) is 0 Å². The SMILES string of the molecule is CCCCCCCCC/C=C\CCCCCCCC(=O)OC(COC(=O)CCCCCCCC)COC(OCC[N+](C)(C)C)C(=O)O. The number of likely N-dealkylation sites (N-methyl/N-ethyl adjacent to an activating group) is 1. The van der Waals surface area contributed by atoms with Gasteiger partial charge in [-0.25, -0.2) is 4.79 Å². The molecular weight excluding hydrogens is 598 g/mol. The van der Waals surface area contributed by atoms with Gasteiger partial charge >= 0.3 is 17.9 Å². The normalized spacial score (nSPS) is 13.1. The van der Waals surface area contributed by atoms with Gasteiger partial charge < -0.3 is 28.5 Å². The quantitative estimate of drug-likeness (QED) is 0.0238. The van der Waals surface area contributed by atoms with Crippen LogP contribution in [0.5, 0.6) is 0 Å². The first-order valence-corrected chi connectivity index (χ1v) is 18.9. The minimum absolute atomic E-state index is 0.182. The van der Waals surface area contributed by atoms with E-state index in [0.29, 0.717) is 23.9 Å². The van der Waals surface area contributed by atoms with Crippen LogP contribution in [0.25, 0.3) is 0 Å². The van der Waals surface area contributed by atoms with E-state index >= 15 is 0 Å². The molecule has 0 amide bonds. The van der Waals surface area contributed by atoms with E-state index in [2.05, 4.69) is 26.0 Å². The third-order valence-corrected chi connectivity index (χ3v) is 8.02. The van der Waals surface area contributed by atoms with Crippen LogP contribution in [0.1, 0.15) is 155 Å². The number of quaternary nitrogens is 1. The number of hydrogen-bond acceptors (Lipinski definition) is 7. The molecule has 0 aromatic carbocycles. The van der Waals surface area contributed by atoms with Crippen LogP contribution in [0.2, 0.25) is 0 Å². The molecule has 0 aromatic rings. The number of carboxylic acids is 1. The molecule has 0 rings (SSSR count). The number of rotatable bonds is 34. The van der Waals surface area contributed by atoms with E-state index < -0.39 is 24.3 Å². The van der Waals surface area contributed by atoms with Gasteiger partial charge in [-0.05, 0) is 38.5 Å². The minimum atomic E-state index is -1.50. The lowest BCUT2D eigenvalue weighted by molar-refractivity contribution is -0.870. The van der Waals surface area contributed by atoms with E-state index in [1.165, 1.54) is 70.6 Å². The standard InChI is InChI=1S/C38H71NO8/c1-6-8-10-12-14-15-16-17-18-19-20-21-22-23-25-27-29-36(41)47-34(32-45-35(40)28-26-24-13-11-9-7-2)33-46-38(37(42)43)44-31-30-39(3,4)5/h18-19,34,38H,6-17,20-33H2,1-5H3/p+1/b19-18-. The van der Waals surface area contributed by atoms with Gasteiger partial charge in [0.2, 0.25) is 0 Å². The van der Waals surface area contributed by atoms with Gasteiger partial charge in [0.25, 0.3) is 6.29 Å². The maximum atomic E-state index is 12.6. The molecule has 0 saturated heterocycles. The average Bonchev–Trinajstić information content (AvgIpc) is 3.02. The molecule has 0 aliphatic carbocycles. The second kappa shape index (κ2) is 31.3. The van der Waals surface area contributed by atoms with Crippen LogP contribution in [-0.4, -0.2) is 87.4 Å². The van der Waals surface area contributed by atoms with Crippen LogP contribution in [0.4, 0.5) is 0 Å². The lowest BCUT2D eigenvalue weighted by Gasteiger charge is -2.25. The summed E-state index contributed by atoms with van der Waals surface area (Å²) >= 11 is 0. The first-order valence-electron chi connectivity index (χ1n) is 18.9. The number of aliphatic carboxylic acids is 1. The highest BCUT2D eigenvalue weighted by Gasteiger charge is 2.25. The Balaban J connectivity index is 4.45. The Morgan fingerprint density at radius 2 is 1.09 bits per heavy atom. The molecule has 0 saturated carbocycles. The molecule has 0 spiro atoms. The fourth-order valence-electron chi connectivity index (χ4n) is 5.00. The van der Waals surface area contributed by atoms with Gasteiger partial charge in [0.05, 0.1) is 34.4 Å². The van der Waals surface area contributed by atoms with Crippen molar-refractivity contribution in [2.24, 2.45) is 0 Å². The summed E-state index contributed by atoms with van der Waals surface area (Å²) in [4.78, 5) is 36.6. The van der Waals surface area contributed by atoms with Gasteiger partial charge in [-0.1, -0.05) is 116 Å². The second-order valence-corrected chi connectivity index (χ2v) is 13.9. The number of allylic oxidation sites excluding steroid dienone is 2. The summed E-state index contributed by atoms with van der Waals surface area (Å²) in [7, 11) is 5.93. The predicted octanol–water partition coefficient (Wildman–Crippen LogP) is 8.77. The van der Waals surface area contributed by atoms with Crippen LogP contribution >= 0.6 is 0 Å². The highest BCUT2D eigenvalue weighted by atomic mass is 16.7. The fourth-order valence-corrected chi connectivity index (χ4v) is 5.00. The molecule has 0 bridgehead atoms. The zero-order valence-corrected chi connectivity index (χ0v) is 30.9. The summed E-state index contributed by atoms with van der Waals surface area (Å²) in [5.41, 5.74) is 0. The molecule has 2 atom stereocenters. The molecule has 0 aliphatic heterocycles. The molecule has 9 nitrogen and oxygen atoms in total.